The van der Waals surface area contributed by atoms with Gasteiger partial charge in [0, 0.05) is 12.5 Å². The second-order valence-corrected chi connectivity index (χ2v) is 3.02. The fourth-order valence-electron chi connectivity index (χ4n) is 1.18. The van der Waals surface area contributed by atoms with Crippen LogP contribution in [0, 0.1) is 5.82 Å². The Hall–Kier alpha value is -1.72. The number of rotatable bonds is 5. The van der Waals surface area contributed by atoms with E-state index in [1.807, 2.05) is 0 Å². The average Bonchev–Trinajstić information content (AvgIpc) is 2.15. The van der Waals surface area contributed by atoms with Crippen molar-refractivity contribution in [1.29, 1.82) is 0 Å². The van der Waals surface area contributed by atoms with E-state index in [1.54, 1.807) is 0 Å². The van der Waals surface area contributed by atoms with E-state index in [1.165, 1.54) is 6.07 Å². The molecule has 0 aliphatic rings. The van der Waals surface area contributed by atoms with Gasteiger partial charge in [0.2, 0.25) is 0 Å². The van der Waals surface area contributed by atoms with Gasteiger partial charge in [0.1, 0.15) is 11.6 Å². The lowest BCUT2D eigenvalue weighted by molar-refractivity contribution is -0.136. The normalized spacial score (nSPS) is 10.5. The summed E-state index contributed by atoms with van der Waals surface area (Å²) in [6.07, 6.45) is -0.219. The third-order valence-corrected chi connectivity index (χ3v) is 1.85. The molecule has 0 aromatic heterocycles. The number of hydrogen-bond donors (Lipinski definition) is 1. The van der Waals surface area contributed by atoms with Crippen LogP contribution in [0.5, 0.6) is 5.75 Å². The Morgan fingerprint density at radius 3 is 2.69 bits per heavy atom. The fourth-order valence-corrected chi connectivity index (χ4v) is 1.18. The van der Waals surface area contributed by atoms with Crippen molar-refractivity contribution < 1.29 is 27.8 Å². The molecule has 1 aromatic rings. The highest BCUT2D eigenvalue weighted by molar-refractivity contribution is 5.67. The van der Waals surface area contributed by atoms with E-state index in [0.29, 0.717) is 0 Å². The first-order valence-corrected chi connectivity index (χ1v) is 4.44. The summed E-state index contributed by atoms with van der Waals surface area (Å²) in [5, 5.41) is 8.44. The molecule has 0 unspecified atom stereocenters. The predicted molar refractivity (Wildman–Crippen MR) is 49.0 cm³/mol. The van der Waals surface area contributed by atoms with Crippen molar-refractivity contribution in [2.45, 2.75) is 19.5 Å². The zero-order chi connectivity index (χ0) is 12.1. The first kappa shape index (κ1) is 12.4. The highest BCUT2D eigenvalue weighted by atomic mass is 19.3. The second-order valence-electron chi connectivity index (χ2n) is 3.02. The van der Waals surface area contributed by atoms with E-state index in [0.717, 1.165) is 12.1 Å². The summed E-state index contributed by atoms with van der Waals surface area (Å²) in [5.41, 5.74) is 0.240. The molecule has 0 spiro atoms. The number of carbonyl (C=O) groups is 1. The van der Waals surface area contributed by atoms with Crippen LogP contribution in [-0.4, -0.2) is 17.7 Å². The molecule has 0 bridgehead atoms. The summed E-state index contributed by atoms with van der Waals surface area (Å²) in [7, 11) is 0. The van der Waals surface area contributed by atoms with Gasteiger partial charge >= 0.3 is 12.6 Å². The third kappa shape index (κ3) is 3.80. The van der Waals surface area contributed by atoms with Crippen molar-refractivity contribution in [3.63, 3.8) is 0 Å². The number of hydrogen-bond acceptors (Lipinski definition) is 2. The number of carboxylic acids is 1. The number of carboxylic acid groups (broad SMARTS) is 1. The maximum absolute atomic E-state index is 12.8. The van der Waals surface area contributed by atoms with Crippen LogP contribution in [0.15, 0.2) is 18.2 Å². The maximum Gasteiger partial charge on any atom is 0.387 e. The lowest BCUT2D eigenvalue weighted by Gasteiger charge is -2.09. The summed E-state index contributed by atoms with van der Waals surface area (Å²) in [5.74, 6) is -2.10. The van der Waals surface area contributed by atoms with E-state index in [4.69, 9.17) is 5.11 Å². The van der Waals surface area contributed by atoms with Crippen LogP contribution < -0.4 is 4.74 Å². The summed E-state index contributed by atoms with van der Waals surface area (Å²) in [6.45, 7) is -3.06. The van der Waals surface area contributed by atoms with Gasteiger partial charge in [-0.2, -0.15) is 8.78 Å². The average molecular weight is 234 g/mol. The smallest absolute Gasteiger partial charge is 0.387 e. The van der Waals surface area contributed by atoms with Crippen molar-refractivity contribution in [2.75, 3.05) is 0 Å². The number of alkyl halides is 2. The maximum atomic E-state index is 12.8. The van der Waals surface area contributed by atoms with Crippen molar-refractivity contribution in [2.24, 2.45) is 0 Å². The largest absolute Gasteiger partial charge is 0.481 e. The molecule has 0 saturated heterocycles. The molecule has 0 atom stereocenters. The zero-order valence-electron chi connectivity index (χ0n) is 8.12. The Morgan fingerprint density at radius 2 is 2.12 bits per heavy atom. The second kappa shape index (κ2) is 5.39. The number of ether oxygens (including phenoxy) is 1. The molecular weight excluding hydrogens is 225 g/mol. The molecule has 1 rings (SSSR count). The molecule has 16 heavy (non-hydrogen) atoms. The molecule has 0 aliphatic carbocycles. The first-order valence-electron chi connectivity index (χ1n) is 4.44. The highest BCUT2D eigenvalue weighted by Crippen LogP contribution is 2.23. The Balaban J connectivity index is 2.84. The zero-order valence-corrected chi connectivity index (χ0v) is 8.12. The third-order valence-electron chi connectivity index (χ3n) is 1.85. The standard InChI is InChI=1S/C10H9F3O3/c11-7-3-1-6(2-4-9(14)15)8(5-7)16-10(12)13/h1,3,5,10H,2,4H2,(H,14,15). The van der Waals surface area contributed by atoms with E-state index in [2.05, 4.69) is 4.74 Å². The molecule has 1 aromatic carbocycles. The van der Waals surface area contributed by atoms with Crippen LogP contribution in [0.25, 0.3) is 0 Å². The molecule has 3 nitrogen and oxygen atoms in total. The summed E-state index contributed by atoms with van der Waals surface area (Å²) >= 11 is 0. The summed E-state index contributed by atoms with van der Waals surface area (Å²) in [6, 6.07) is 3.11. The van der Waals surface area contributed by atoms with Gasteiger partial charge in [0.05, 0.1) is 0 Å². The van der Waals surface area contributed by atoms with Crippen LogP contribution in [0.2, 0.25) is 0 Å². The van der Waals surface area contributed by atoms with Crippen molar-refractivity contribution in [3.8, 4) is 5.75 Å². The first-order chi connectivity index (χ1) is 7.49. The van der Waals surface area contributed by atoms with E-state index >= 15 is 0 Å². The molecule has 1 N–H and O–H groups in total. The molecule has 0 radical (unpaired) electrons. The molecule has 0 fully saturated rings. The fraction of sp³-hybridized carbons (Fsp3) is 0.300. The van der Waals surface area contributed by atoms with E-state index in [9.17, 15) is 18.0 Å². The molecule has 6 heteroatoms. The van der Waals surface area contributed by atoms with Gasteiger partial charge in [-0.3, -0.25) is 4.79 Å². The molecule has 0 amide bonds. The van der Waals surface area contributed by atoms with Gasteiger partial charge in [0.25, 0.3) is 0 Å². The topological polar surface area (TPSA) is 46.5 Å². The SMILES string of the molecule is O=C(O)CCc1ccc(F)cc1OC(F)F. The van der Waals surface area contributed by atoms with Crippen molar-refractivity contribution in [1.82, 2.24) is 0 Å². The van der Waals surface area contributed by atoms with Crippen molar-refractivity contribution >= 4 is 5.97 Å². The van der Waals surface area contributed by atoms with Gasteiger partial charge < -0.3 is 9.84 Å². The Labute approximate surface area is 89.5 Å². The number of aryl methyl sites for hydroxylation is 1. The van der Waals surface area contributed by atoms with Crippen LogP contribution in [0.4, 0.5) is 13.2 Å². The molecule has 0 saturated carbocycles. The van der Waals surface area contributed by atoms with Gasteiger partial charge in [-0.05, 0) is 18.1 Å². The van der Waals surface area contributed by atoms with Crippen LogP contribution in [0.3, 0.4) is 0 Å². The minimum absolute atomic E-state index is 0.0116. The predicted octanol–water partition coefficient (Wildman–Crippen LogP) is 2.44. The Kier molecular flexibility index (Phi) is 4.16. The Morgan fingerprint density at radius 1 is 1.44 bits per heavy atom. The van der Waals surface area contributed by atoms with E-state index in [-0.39, 0.29) is 24.2 Å². The summed E-state index contributed by atoms with van der Waals surface area (Å²) in [4.78, 5) is 10.3. The summed E-state index contributed by atoms with van der Waals surface area (Å²) < 4.78 is 40.8. The quantitative estimate of drug-likeness (QED) is 0.851. The molecule has 0 aliphatic heterocycles. The number of aliphatic carboxylic acids is 1. The lowest BCUT2D eigenvalue weighted by Crippen LogP contribution is -2.06. The highest BCUT2D eigenvalue weighted by Gasteiger charge is 2.11. The Bertz CT molecular complexity index is 380. The van der Waals surface area contributed by atoms with Gasteiger partial charge in [0.15, 0.2) is 0 Å². The van der Waals surface area contributed by atoms with Gasteiger partial charge in [-0.1, -0.05) is 6.07 Å². The van der Waals surface area contributed by atoms with Crippen LogP contribution in [0.1, 0.15) is 12.0 Å². The van der Waals surface area contributed by atoms with Crippen molar-refractivity contribution in [3.05, 3.63) is 29.6 Å². The van der Waals surface area contributed by atoms with Gasteiger partial charge in [-0.25, -0.2) is 4.39 Å². The molecular formula is C10H9F3O3. The van der Waals surface area contributed by atoms with Crippen LogP contribution in [-0.2, 0) is 11.2 Å². The molecule has 0 heterocycles. The molecule has 88 valence electrons. The minimum atomic E-state index is -3.06. The minimum Gasteiger partial charge on any atom is -0.481 e. The lowest BCUT2D eigenvalue weighted by atomic mass is 10.1. The monoisotopic (exact) mass is 234 g/mol. The van der Waals surface area contributed by atoms with E-state index < -0.39 is 18.4 Å². The number of halogens is 3. The number of benzene rings is 1. The van der Waals surface area contributed by atoms with Crippen LogP contribution >= 0.6 is 0 Å². The van der Waals surface area contributed by atoms with Gasteiger partial charge in [-0.15, -0.1) is 0 Å².